The van der Waals surface area contributed by atoms with E-state index in [-0.39, 0.29) is 5.56 Å². The highest BCUT2D eigenvalue weighted by Crippen LogP contribution is 2.21. The second-order valence-electron chi connectivity index (χ2n) is 5.65. The third-order valence-electron chi connectivity index (χ3n) is 3.74. The van der Waals surface area contributed by atoms with Gasteiger partial charge in [-0.15, -0.1) is 21.5 Å². The van der Waals surface area contributed by atoms with Crippen molar-refractivity contribution in [3.8, 4) is 0 Å². The van der Waals surface area contributed by atoms with E-state index in [0.717, 1.165) is 22.9 Å². The Morgan fingerprint density at radius 1 is 1.32 bits per heavy atom. The van der Waals surface area contributed by atoms with Crippen molar-refractivity contribution in [2.75, 3.05) is 0 Å². The predicted octanol–water partition coefficient (Wildman–Crippen LogP) is 2.32. The van der Waals surface area contributed by atoms with Gasteiger partial charge in [-0.2, -0.15) is 0 Å². The molecule has 0 saturated carbocycles. The molecule has 0 aliphatic heterocycles. The molecule has 7 heteroatoms. The minimum absolute atomic E-state index is 0.0185. The Bertz CT molecular complexity index is 874. The molecule has 3 aromatic rings. The molecule has 0 aromatic carbocycles. The van der Waals surface area contributed by atoms with Crippen LogP contribution in [0.1, 0.15) is 43.2 Å². The lowest BCUT2D eigenvalue weighted by atomic mass is 10.2. The molecule has 0 amide bonds. The van der Waals surface area contributed by atoms with Crippen LogP contribution >= 0.6 is 11.3 Å². The van der Waals surface area contributed by atoms with Crippen LogP contribution in [-0.4, -0.2) is 24.3 Å². The Labute approximate surface area is 132 Å². The van der Waals surface area contributed by atoms with E-state index in [1.165, 1.54) is 4.88 Å². The van der Waals surface area contributed by atoms with E-state index in [1.807, 2.05) is 17.7 Å². The van der Waals surface area contributed by atoms with Crippen LogP contribution in [0, 0.1) is 0 Å². The third-order valence-corrected chi connectivity index (χ3v) is 4.93. The monoisotopic (exact) mass is 317 g/mol. The van der Waals surface area contributed by atoms with Gasteiger partial charge in [0.25, 0.3) is 5.56 Å². The van der Waals surface area contributed by atoms with Gasteiger partial charge in [-0.25, -0.2) is 4.98 Å². The molecule has 3 aromatic heterocycles. The normalized spacial score (nSPS) is 11.7. The molecule has 0 bridgehead atoms. The molecule has 0 unspecified atom stereocenters. The number of aryl methyl sites for hydroxylation is 1. The van der Waals surface area contributed by atoms with Crippen molar-refractivity contribution < 1.29 is 0 Å². The average Bonchev–Trinajstić information content (AvgIpc) is 3.06. The van der Waals surface area contributed by atoms with Crippen molar-refractivity contribution in [2.24, 2.45) is 7.05 Å². The van der Waals surface area contributed by atoms with Crippen LogP contribution in [0.15, 0.2) is 17.2 Å². The van der Waals surface area contributed by atoms with E-state index in [9.17, 15) is 4.79 Å². The van der Waals surface area contributed by atoms with Crippen LogP contribution in [0.5, 0.6) is 0 Å². The third kappa shape index (κ3) is 2.45. The van der Waals surface area contributed by atoms with E-state index in [4.69, 9.17) is 0 Å². The van der Waals surface area contributed by atoms with Crippen molar-refractivity contribution >= 4 is 21.6 Å². The summed E-state index contributed by atoms with van der Waals surface area (Å²) >= 11 is 1.58. The Morgan fingerprint density at radius 3 is 2.73 bits per heavy atom. The molecule has 116 valence electrons. The second-order valence-corrected chi connectivity index (χ2v) is 6.77. The van der Waals surface area contributed by atoms with Gasteiger partial charge in [-0.1, -0.05) is 20.8 Å². The van der Waals surface area contributed by atoms with Crippen molar-refractivity contribution in [3.63, 3.8) is 0 Å². The standard InChI is InChI=1S/C15H19N5OS/c1-5-10-6-11-14(22-10)16-8-20(15(11)21)7-12-17-18-13(9(2)3)19(12)4/h6,8-9H,5,7H2,1-4H3. The van der Waals surface area contributed by atoms with Gasteiger partial charge in [-0.05, 0) is 12.5 Å². The van der Waals surface area contributed by atoms with Crippen molar-refractivity contribution in [1.29, 1.82) is 0 Å². The second kappa shape index (κ2) is 5.64. The molecule has 0 spiro atoms. The van der Waals surface area contributed by atoms with Crippen LogP contribution in [0.3, 0.4) is 0 Å². The minimum atomic E-state index is -0.0185. The smallest absolute Gasteiger partial charge is 0.262 e. The fourth-order valence-corrected chi connectivity index (χ4v) is 3.39. The van der Waals surface area contributed by atoms with Gasteiger partial charge in [0.05, 0.1) is 18.3 Å². The first-order valence-corrected chi connectivity index (χ1v) is 8.19. The summed E-state index contributed by atoms with van der Waals surface area (Å²) in [5.74, 6) is 1.98. The van der Waals surface area contributed by atoms with Crippen LogP contribution in [0.25, 0.3) is 10.2 Å². The molecule has 0 aliphatic rings. The number of fused-ring (bicyclic) bond motifs is 1. The van der Waals surface area contributed by atoms with Crippen molar-refractivity contribution in [2.45, 2.75) is 39.7 Å². The summed E-state index contributed by atoms with van der Waals surface area (Å²) in [6.45, 7) is 6.61. The summed E-state index contributed by atoms with van der Waals surface area (Å²) in [6, 6.07) is 1.95. The predicted molar refractivity (Wildman–Crippen MR) is 87.5 cm³/mol. The van der Waals surface area contributed by atoms with Gasteiger partial charge < -0.3 is 4.57 Å². The lowest BCUT2D eigenvalue weighted by Crippen LogP contribution is -2.22. The average molecular weight is 317 g/mol. The first kappa shape index (κ1) is 14.9. The molecular weight excluding hydrogens is 298 g/mol. The van der Waals surface area contributed by atoms with Gasteiger partial charge in [-0.3, -0.25) is 9.36 Å². The molecule has 0 atom stereocenters. The fourth-order valence-electron chi connectivity index (χ4n) is 2.46. The number of hydrogen-bond acceptors (Lipinski definition) is 5. The summed E-state index contributed by atoms with van der Waals surface area (Å²) in [6.07, 6.45) is 2.52. The van der Waals surface area contributed by atoms with Gasteiger partial charge in [0, 0.05) is 17.8 Å². The highest BCUT2D eigenvalue weighted by molar-refractivity contribution is 7.18. The lowest BCUT2D eigenvalue weighted by Gasteiger charge is -2.07. The summed E-state index contributed by atoms with van der Waals surface area (Å²) < 4.78 is 3.55. The summed E-state index contributed by atoms with van der Waals surface area (Å²) in [5.41, 5.74) is -0.0185. The molecule has 3 heterocycles. The van der Waals surface area contributed by atoms with Crippen LogP contribution in [-0.2, 0) is 20.0 Å². The van der Waals surface area contributed by atoms with E-state index in [1.54, 1.807) is 22.2 Å². The number of hydrogen-bond donors (Lipinski definition) is 0. The molecule has 0 radical (unpaired) electrons. The molecule has 3 rings (SSSR count). The maximum absolute atomic E-state index is 12.6. The summed E-state index contributed by atoms with van der Waals surface area (Å²) in [5, 5.41) is 9.09. The minimum Gasteiger partial charge on any atom is -0.316 e. The molecule has 0 aliphatic carbocycles. The first-order valence-electron chi connectivity index (χ1n) is 7.37. The Balaban J connectivity index is 2.01. The zero-order chi connectivity index (χ0) is 15.9. The summed E-state index contributed by atoms with van der Waals surface area (Å²) in [4.78, 5) is 19.0. The number of aromatic nitrogens is 5. The Morgan fingerprint density at radius 2 is 2.09 bits per heavy atom. The van der Waals surface area contributed by atoms with Crippen LogP contribution in [0.2, 0.25) is 0 Å². The zero-order valence-corrected chi connectivity index (χ0v) is 14.0. The van der Waals surface area contributed by atoms with Gasteiger partial charge >= 0.3 is 0 Å². The largest absolute Gasteiger partial charge is 0.316 e. The fraction of sp³-hybridized carbons (Fsp3) is 0.467. The Hall–Kier alpha value is -2.02. The zero-order valence-electron chi connectivity index (χ0n) is 13.2. The lowest BCUT2D eigenvalue weighted by molar-refractivity contribution is 0.646. The van der Waals surface area contributed by atoms with Crippen LogP contribution in [0.4, 0.5) is 0 Å². The van der Waals surface area contributed by atoms with E-state index >= 15 is 0 Å². The maximum atomic E-state index is 12.6. The highest BCUT2D eigenvalue weighted by atomic mass is 32.1. The molecular formula is C15H19N5OS. The van der Waals surface area contributed by atoms with E-state index < -0.39 is 0 Å². The van der Waals surface area contributed by atoms with Gasteiger partial charge in [0.2, 0.25) is 0 Å². The molecule has 0 fully saturated rings. The highest BCUT2D eigenvalue weighted by Gasteiger charge is 2.14. The number of rotatable bonds is 4. The maximum Gasteiger partial charge on any atom is 0.262 e. The Kier molecular flexibility index (Phi) is 3.82. The molecule has 22 heavy (non-hydrogen) atoms. The first-order chi connectivity index (χ1) is 10.5. The topological polar surface area (TPSA) is 65.6 Å². The molecule has 0 N–H and O–H groups in total. The molecule has 0 saturated heterocycles. The number of thiophene rings is 1. The molecule has 6 nitrogen and oxygen atoms in total. The van der Waals surface area contributed by atoms with Gasteiger partial charge in [0.1, 0.15) is 10.7 Å². The quantitative estimate of drug-likeness (QED) is 0.741. The van der Waals surface area contributed by atoms with Crippen LogP contribution < -0.4 is 5.56 Å². The van der Waals surface area contributed by atoms with E-state index in [0.29, 0.717) is 17.8 Å². The summed E-state index contributed by atoms with van der Waals surface area (Å²) in [7, 11) is 1.93. The van der Waals surface area contributed by atoms with Crippen molar-refractivity contribution in [3.05, 3.63) is 39.3 Å². The number of nitrogens with zero attached hydrogens (tertiary/aromatic N) is 5. The SMILES string of the molecule is CCc1cc2c(=O)n(Cc3nnc(C(C)C)n3C)cnc2s1. The van der Waals surface area contributed by atoms with Gasteiger partial charge in [0.15, 0.2) is 5.82 Å². The van der Waals surface area contributed by atoms with E-state index in [2.05, 4.69) is 36.0 Å². The van der Waals surface area contributed by atoms with Crippen molar-refractivity contribution in [1.82, 2.24) is 24.3 Å².